The number of halogens is 7. The fraction of sp³-hybridized carbons (Fsp3) is 0.500. The molecule has 168 valence electrons. The van der Waals surface area contributed by atoms with Crippen LogP contribution in [-0.2, 0) is 11.8 Å². The van der Waals surface area contributed by atoms with Gasteiger partial charge in [-0.2, -0.15) is 22.7 Å². The summed E-state index contributed by atoms with van der Waals surface area (Å²) in [5, 5.41) is 6.56. The standard InChI is InChI=1S/C20H18F7N3O/c1-30-18(28-15(31)5-10-8-19(24,25)20(10,26)27)16(9-3-2-4-9)17(29-30)11-6-13(22)14(23)7-12(11)21/h6-7,9-10H,2-5,8H2,1H3,(H,28,31)/t10-/m0/s1. The second kappa shape index (κ2) is 7.23. The second-order valence-corrected chi connectivity index (χ2v) is 8.09. The Bertz CT molecular complexity index is 1050. The van der Waals surface area contributed by atoms with Crippen LogP contribution in [0.2, 0.25) is 0 Å². The number of hydrogen-bond acceptors (Lipinski definition) is 2. The molecule has 2 aromatic rings. The third kappa shape index (κ3) is 3.47. The largest absolute Gasteiger partial charge is 0.313 e. The van der Waals surface area contributed by atoms with Crippen molar-refractivity contribution in [2.75, 3.05) is 5.32 Å². The van der Waals surface area contributed by atoms with Crippen LogP contribution in [0.1, 0.15) is 43.6 Å². The van der Waals surface area contributed by atoms with Crippen molar-refractivity contribution in [3.63, 3.8) is 0 Å². The van der Waals surface area contributed by atoms with Gasteiger partial charge in [-0.1, -0.05) is 6.42 Å². The Morgan fingerprint density at radius 1 is 1.13 bits per heavy atom. The van der Waals surface area contributed by atoms with Crippen LogP contribution in [0.5, 0.6) is 0 Å². The lowest BCUT2D eigenvalue weighted by molar-refractivity contribution is -0.313. The maximum Gasteiger partial charge on any atom is 0.313 e. The van der Waals surface area contributed by atoms with Gasteiger partial charge in [-0.15, -0.1) is 0 Å². The predicted molar refractivity (Wildman–Crippen MR) is 96.4 cm³/mol. The van der Waals surface area contributed by atoms with Gasteiger partial charge in [0.25, 0.3) is 0 Å². The first-order chi connectivity index (χ1) is 14.4. The van der Waals surface area contributed by atoms with Crippen LogP contribution in [0.3, 0.4) is 0 Å². The minimum Gasteiger partial charge on any atom is -0.311 e. The monoisotopic (exact) mass is 449 g/mol. The Kier molecular flexibility index (Phi) is 5.05. The number of anilines is 1. The highest BCUT2D eigenvalue weighted by Gasteiger charge is 2.71. The van der Waals surface area contributed by atoms with Crippen molar-refractivity contribution >= 4 is 11.7 Å². The lowest BCUT2D eigenvalue weighted by Gasteiger charge is -2.43. The van der Waals surface area contributed by atoms with Gasteiger partial charge >= 0.3 is 11.8 Å². The van der Waals surface area contributed by atoms with Crippen LogP contribution in [0.4, 0.5) is 36.6 Å². The normalized spacial score (nSPS) is 22.0. The molecular formula is C20H18F7N3O. The molecule has 2 aliphatic rings. The van der Waals surface area contributed by atoms with Gasteiger partial charge in [0, 0.05) is 43.0 Å². The van der Waals surface area contributed by atoms with Crippen LogP contribution >= 0.6 is 0 Å². The van der Waals surface area contributed by atoms with E-state index < -0.39 is 54.0 Å². The van der Waals surface area contributed by atoms with Gasteiger partial charge in [0.05, 0.1) is 0 Å². The molecule has 31 heavy (non-hydrogen) atoms. The van der Waals surface area contributed by atoms with E-state index >= 15 is 0 Å². The average Bonchev–Trinajstić information content (AvgIpc) is 2.92. The van der Waals surface area contributed by atoms with Crippen LogP contribution in [0.25, 0.3) is 11.3 Å². The van der Waals surface area contributed by atoms with Crippen LogP contribution < -0.4 is 5.32 Å². The SMILES string of the molecule is Cn1nc(-c2cc(F)c(F)cc2F)c(C2CCC2)c1NC(=O)C[C@H]1CC(F)(F)C1(F)F. The van der Waals surface area contributed by atoms with Gasteiger partial charge in [0.2, 0.25) is 5.91 Å². The molecule has 0 spiro atoms. The summed E-state index contributed by atoms with van der Waals surface area (Å²) in [6.07, 6.45) is 0.252. The zero-order valence-corrected chi connectivity index (χ0v) is 16.3. The van der Waals surface area contributed by atoms with Gasteiger partial charge in [-0.25, -0.2) is 13.2 Å². The maximum atomic E-state index is 14.4. The van der Waals surface area contributed by atoms with Crippen molar-refractivity contribution in [2.24, 2.45) is 13.0 Å². The lowest BCUT2D eigenvalue weighted by Crippen LogP contribution is -2.59. The molecule has 2 saturated carbocycles. The highest BCUT2D eigenvalue weighted by molar-refractivity contribution is 5.92. The number of amides is 1. The molecule has 2 aliphatic carbocycles. The number of carbonyl (C=O) groups excluding carboxylic acids is 1. The molecule has 0 saturated heterocycles. The summed E-state index contributed by atoms with van der Waals surface area (Å²) in [4.78, 5) is 12.3. The molecule has 11 heteroatoms. The van der Waals surface area contributed by atoms with Crippen LogP contribution in [0.15, 0.2) is 12.1 Å². The summed E-state index contributed by atoms with van der Waals surface area (Å²) in [5.41, 5.74) is 0.0687. The number of rotatable bonds is 5. The number of benzene rings is 1. The molecule has 1 aromatic carbocycles. The molecule has 1 atom stereocenters. The van der Waals surface area contributed by atoms with Gasteiger partial charge < -0.3 is 5.32 Å². The Morgan fingerprint density at radius 2 is 1.77 bits per heavy atom. The summed E-state index contributed by atoms with van der Waals surface area (Å²) in [6.45, 7) is 0. The predicted octanol–water partition coefficient (Wildman–Crippen LogP) is 5.39. The van der Waals surface area contributed by atoms with E-state index in [-0.39, 0.29) is 23.0 Å². The minimum atomic E-state index is -4.27. The molecule has 0 aliphatic heterocycles. The molecule has 1 heterocycles. The van der Waals surface area contributed by atoms with Crippen LogP contribution in [-0.4, -0.2) is 27.5 Å². The lowest BCUT2D eigenvalue weighted by atomic mass is 9.74. The summed E-state index contributed by atoms with van der Waals surface area (Å²) >= 11 is 0. The first-order valence-electron chi connectivity index (χ1n) is 9.69. The molecular weight excluding hydrogens is 431 g/mol. The molecule has 1 amide bonds. The summed E-state index contributed by atoms with van der Waals surface area (Å²) in [6, 6.07) is 1.05. The highest BCUT2D eigenvalue weighted by Crippen LogP contribution is 2.56. The van der Waals surface area contributed by atoms with Crippen molar-refractivity contribution in [1.29, 1.82) is 0 Å². The topological polar surface area (TPSA) is 46.9 Å². The Hall–Kier alpha value is -2.59. The molecule has 0 unspecified atom stereocenters. The van der Waals surface area contributed by atoms with E-state index in [2.05, 4.69) is 10.4 Å². The Morgan fingerprint density at radius 3 is 2.32 bits per heavy atom. The van der Waals surface area contributed by atoms with Crippen LogP contribution in [0, 0.1) is 23.4 Å². The smallest absolute Gasteiger partial charge is 0.311 e. The molecule has 4 nitrogen and oxygen atoms in total. The van der Waals surface area contributed by atoms with Crippen molar-refractivity contribution in [3.8, 4) is 11.3 Å². The van der Waals surface area contributed by atoms with Crippen molar-refractivity contribution < 1.29 is 35.5 Å². The Balaban J connectivity index is 1.65. The van der Waals surface area contributed by atoms with E-state index in [1.807, 2.05) is 0 Å². The van der Waals surface area contributed by atoms with Crippen molar-refractivity contribution in [3.05, 3.63) is 35.1 Å². The number of alkyl halides is 4. The quantitative estimate of drug-likeness (QED) is 0.492. The average molecular weight is 449 g/mol. The number of aromatic nitrogens is 2. The van der Waals surface area contributed by atoms with E-state index in [1.54, 1.807) is 0 Å². The maximum absolute atomic E-state index is 14.4. The van der Waals surface area contributed by atoms with Gasteiger partial charge in [0.1, 0.15) is 17.3 Å². The fourth-order valence-corrected chi connectivity index (χ4v) is 4.02. The van der Waals surface area contributed by atoms with Crippen molar-refractivity contribution in [1.82, 2.24) is 9.78 Å². The summed E-state index contributed by atoms with van der Waals surface area (Å²) < 4.78 is 95.7. The van der Waals surface area contributed by atoms with E-state index in [9.17, 15) is 35.5 Å². The first-order valence-corrected chi connectivity index (χ1v) is 9.69. The van der Waals surface area contributed by atoms with E-state index in [0.29, 0.717) is 30.5 Å². The summed E-state index contributed by atoms with van der Waals surface area (Å²) in [7, 11) is 1.41. The number of hydrogen-bond donors (Lipinski definition) is 1. The third-order valence-electron chi connectivity index (χ3n) is 6.06. The van der Waals surface area contributed by atoms with E-state index in [1.165, 1.54) is 11.7 Å². The number of carbonyl (C=O) groups is 1. The molecule has 2 fully saturated rings. The van der Waals surface area contributed by atoms with Gasteiger partial charge in [-0.05, 0) is 24.8 Å². The first kappa shape index (κ1) is 21.6. The van der Waals surface area contributed by atoms with E-state index in [4.69, 9.17) is 0 Å². The highest BCUT2D eigenvalue weighted by atomic mass is 19.3. The number of nitrogens with one attached hydrogen (secondary N) is 1. The number of nitrogens with zero attached hydrogens (tertiary/aromatic N) is 2. The molecule has 1 aromatic heterocycles. The minimum absolute atomic E-state index is 0.000549. The summed E-state index contributed by atoms with van der Waals surface area (Å²) in [5.74, 6) is -14.9. The van der Waals surface area contributed by atoms with E-state index in [0.717, 1.165) is 6.42 Å². The Labute approximate surface area is 172 Å². The number of aryl methyl sites for hydroxylation is 1. The fourth-order valence-electron chi connectivity index (χ4n) is 4.02. The van der Waals surface area contributed by atoms with Gasteiger partial charge in [-0.3, -0.25) is 9.48 Å². The zero-order chi connectivity index (χ0) is 22.7. The molecule has 0 radical (unpaired) electrons. The molecule has 1 N–H and O–H groups in total. The second-order valence-electron chi connectivity index (χ2n) is 8.09. The van der Waals surface area contributed by atoms with Gasteiger partial charge in [0.15, 0.2) is 11.6 Å². The molecule has 0 bridgehead atoms. The zero-order valence-electron chi connectivity index (χ0n) is 16.3. The third-order valence-corrected chi connectivity index (χ3v) is 6.06. The molecule has 4 rings (SSSR count). The van der Waals surface area contributed by atoms with Crippen molar-refractivity contribution in [2.45, 2.75) is 49.9 Å².